The molecule has 0 aromatic heterocycles. The standard InChI is InChI=1S/C17H28N2/c1-12(2)9-14-5-4-6-15(11-14)17(19-18)16-8-7-13(3)10-16/h4-6,11-13,16-17,19H,7-10,18H2,1-3H3. The number of nitrogens with two attached hydrogens (primary N) is 1. The van der Waals surface area contributed by atoms with Crippen LogP contribution in [0, 0.1) is 17.8 Å². The number of hydrogen-bond donors (Lipinski definition) is 2. The van der Waals surface area contributed by atoms with Gasteiger partial charge in [-0.25, -0.2) is 0 Å². The van der Waals surface area contributed by atoms with Gasteiger partial charge in [-0.15, -0.1) is 0 Å². The summed E-state index contributed by atoms with van der Waals surface area (Å²) < 4.78 is 0. The van der Waals surface area contributed by atoms with Crippen molar-refractivity contribution >= 4 is 0 Å². The van der Waals surface area contributed by atoms with Crippen LogP contribution in [-0.4, -0.2) is 0 Å². The molecule has 2 heteroatoms. The van der Waals surface area contributed by atoms with Crippen LogP contribution in [0.3, 0.4) is 0 Å². The zero-order valence-corrected chi connectivity index (χ0v) is 12.5. The van der Waals surface area contributed by atoms with Gasteiger partial charge < -0.3 is 0 Å². The highest BCUT2D eigenvalue weighted by atomic mass is 15.2. The van der Waals surface area contributed by atoms with Crippen LogP contribution in [0.2, 0.25) is 0 Å². The van der Waals surface area contributed by atoms with Gasteiger partial charge in [0.05, 0.1) is 0 Å². The minimum Gasteiger partial charge on any atom is -0.271 e. The first-order valence-electron chi connectivity index (χ1n) is 7.65. The second-order valence-electron chi connectivity index (χ2n) is 6.67. The van der Waals surface area contributed by atoms with E-state index in [9.17, 15) is 0 Å². The predicted octanol–water partition coefficient (Wildman–Crippen LogP) is 3.83. The van der Waals surface area contributed by atoms with Crippen LogP contribution in [-0.2, 0) is 6.42 Å². The molecular formula is C17H28N2. The van der Waals surface area contributed by atoms with Gasteiger partial charge in [0.2, 0.25) is 0 Å². The molecule has 19 heavy (non-hydrogen) atoms. The van der Waals surface area contributed by atoms with Gasteiger partial charge in [-0.05, 0) is 48.1 Å². The highest BCUT2D eigenvalue weighted by Gasteiger charge is 2.29. The number of rotatable bonds is 5. The molecule has 1 fully saturated rings. The van der Waals surface area contributed by atoms with Crippen LogP contribution >= 0.6 is 0 Å². The zero-order valence-electron chi connectivity index (χ0n) is 12.5. The van der Waals surface area contributed by atoms with Crippen molar-refractivity contribution in [3.8, 4) is 0 Å². The minimum atomic E-state index is 0.317. The summed E-state index contributed by atoms with van der Waals surface area (Å²) in [5, 5.41) is 0. The molecule has 0 aliphatic heterocycles. The second kappa shape index (κ2) is 6.53. The Morgan fingerprint density at radius 3 is 2.68 bits per heavy atom. The largest absolute Gasteiger partial charge is 0.271 e. The molecular weight excluding hydrogens is 232 g/mol. The lowest BCUT2D eigenvalue weighted by Crippen LogP contribution is -2.32. The van der Waals surface area contributed by atoms with Crippen LogP contribution in [0.15, 0.2) is 24.3 Å². The van der Waals surface area contributed by atoms with Crippen molar-refractivity contribution in [2.45, 2.75) is 52.5 Å². The van der Waals surface area contributed by atoms with E-state index >= 15 is 0 Å². The fourth-order valence-electron chi connectivity index (χ4n) is 3.44. The maximum atomic E-state index is 5.83. The van der Waals surface area contributed by atoms with Crippen molar-refractivity contribution in [2.75, 3.05) is 0 Å². The van der Waals surface area contributed by atoms with Crippen LogP contribution in [0.4, 0.5) is 0 Å². The van der Waals surface area contributed by atoms with Gasteiger partial charge in [0.1, 0.15) is 0 Å². The van der Waals surface area contributed by atoms with Gasteiger partial charge >= 0.3 is 0 Å². The summed E-state index contributed by atoms with van der Waals surface area (Å²) in [5.74, 6) is 8.07. The maximum Gasteiger partial charge on any atom is 0.0488 e. The van der Waals surface area contributed by atoms with E-state index in [1.807, 2.05) is 0 Å². The normalized spacial score (nSPS) is 24.9. The maximum absolute atomic E-state index is 5.83. The van der Waals surface area contributed by atoms with Crippen molar-refractivity contribution in [1.29, 1.82) is 0 Å². The molecule has 0 amide bonds. The lowest BCUT2D eigenvalue weighted by Gasteiger charge is -2.24. The smallest absolute Gasteiger partial charge is 0.0488 e. The lowest BCUT2D eigenvalue weighted by atomic mass is 9.89. The third kappa shape index (κ3) is 3.80. The fourth-order valence-corrected chi connectivity index (χ4v) is 3.44. The van der Waals surface area contributed by atoms with E-state index in [2.05, 4.69) is 50.5 Å². The van der Waals surface area contributed by atoms with Gasteiger partial charge in [-0.3, -0.25) is 11.3 Å². The molecule has 3 atom stereocenters. The van der Waals surface area contributed by atoms with E-state index < -0.39 is 0 Å². The first-order chi connectivity index (χ1) is 9.10. The van der Waals surface area contributed by atoms with Crippen molar-refractivity contribution in [3.63, 3.8) is 0 Å². The van der Waals surface area contributed by atoms with E-state index in [0.717, 1.165) is 12.3 Å². The van der Waals surface area contributed by atoms with Gasteiger partial charge in [-0.2, -0.15) is 0 Å². The molecule has 3 N–H and O–H groups in total. The third-order valence-corrected chi connectivity index (χ3v) is 4.34. The van der Waals surface area contributed by atoms with E-state index in [-0.39, 0.29) is 0 Å². The van der Waals surface area contributed by atoms with Gasteiger partial charge in [0.15, 0.2) is 0 Å². The SMILES string of the molecule is CC(C)Cc1cccc(C(NN)C2CCC(C)C2)c1. The fraction of sp³-hybridized carbons (Fsp3) is 0.647. The molecule has 0 radical (unpaired) electrons. The van der Waals surface area contributed by atoms with E-state index in [1.165, 1.54) is 30.4 Å². The molecule has 3 unspecified atom stereocenters. The van der Waals surface area contributed by atoms with E-state index in [4.69, 9.17) is 5.84 Å². The molecule has 1 aliphatic carbocycles. The number of hydrazine groups is 1. The Labute approximate surface area is 117 Å². The summed E-state index contributed by atoms with van der Waals surface area (Å²) in [5.41, 5.74) is 5.85. The van der Waals surface area contributed by atoms with Gasteiger partial charge in [0.25, 0.3) is 0 Å². The Morgan fingerprint density at radius 2 is 2.11 bits per heavy atom. The number of benzene rings is 1. The molecule has 1 aliphatic rings. The van der Waals surface area contributed by atoms with Crippen LogP contribution in [0.25, 0.3) is 0 Å². The molecule has 0 saturated heterocycles. The van der Waals surface area contributed by atoms with Crippen molar-refractivity contribution in [3.05, 3.63) is 35.4 Å². The highest BCUT2D eigenvalue weighted by molar-refractivity contribution is 5.27. The third-order valence-electron chi connectivity index (χ3n) is 4.34. The predicted molar refractivity (Wildman–Crippen MR) is 81.6 cm³/mol. The topological polar surface area (TPSA) is 38.0 Å². The summed E-state index contributed by atoms with van der Waals surface area (Å²) in [7, 11) is 0. The molecule has 1 saturated carbocycles. The van der Waals surface area contributed by atoms with Gasteiger partial charge in [0, 0.05) is 6.04 Å². The molecule has 0 spiro atoms. The summed E-state index contributed by atoms with van der Waals surface area (Å²) in [4.78, 5) is 0. The monoisotopic (exact) mass is 260 g/mol. The first-order valence-corrected chi connectivity index (χ1v) is 7.65. The number of nitrogens with one attached hydrogen (secondary N) is 1. The molecule has 2 nitrogen and oxygen atoms in total. The van der Waals surface area contributed by atoms with Crippen LogP contribution in [0.1, 0.15) is 57.2 Å². The summed E-state index contributed by atoms with van der Waals surface area (Å²) in [6.07, 6.45) is 5.08. The molecule has 1 aromatic carbocycles. The second-order valence-corrected chi connectivity index (χ2v) is 6.67. The van der Waals surface area contributed by atoms with Crippen LogP contribution < -0.4 is 11.3 Å². The molecule has 0 heterocycles. The first kappa shape index (κ1) is 14.5. The van der Waals surface area contributed by atoms with Crippen molar-refractivity contribution in [1.82, 2.24) is 5.43 Å². The Hall–Kier alpha value is -0.860. The Kier molecular flexibility index (Phi) is 5.00. The Bertz CT molecular complexity index is 400. The lowest BCUT2D eigenvalue weighted by molar-refractivity contribution is 0.364. The minimum absolute atomic E-state index is 0.317. The molecule has 2 rings (SSSR count). The summed E-state index contributed by atoms with van der Waals surface area (Å²) >= 11 is 0. The van der Waals surface area contributed by atoms with E-state index in [0.29, 0.717) is 17.9 Å². The average molecular weight is 260 g/mol. The van der Waals surface area contributed by atoms with Gasteiger partial charge in [-0.1, -0.05) is 51.5 Å². The molecule has 1 aromatic rings. The Morgan fingerprint density at radius 1 is 1.32 bits per heavy atom. The summed E-state index contributed by atoms with van der Waals surface area (Å²) in [6, 6.07) is 9.28. The van der Waals surface area contributed by atoms with E-state index in [1.54, 1.807) is 0 Å². The highest BCUT2D eigenvalue weighted by Crippen LogP contribution is 2.38. The zero-order chi connectivity index (χ0) is 13.8. The van der Waals surface area contributed by atoms with Crippen molar-refractivity contribution < 1.29 is 0 Å². The quantitative estimate of drug-likeness (QED) is 0.624. The van der Waals surface area contributed by atoms with Crippen LogP contribution in [0.5, 0.6) is 0 Å². The average Bonchev–Trinajstić information content (AvgIpc) is 2.76. The molecule has 106 valence electrons. The number of hydrogen-bond acceptors (Lipinski definition) is 2. The summed E-state index contributed by atoms with van der Waals surface area (Å²) in [6.45, 7) is 6.89. The van der Waals surface area contributed by atoms with Crippen molar-refractivity contribution in [2.24, 2.45) is 23.6 Å². The Balaban J connectivity index is 2.13. The molecule has 0 bridgehead atoms.